The molecule has 0 radical (unpaired) electrons. The predicted octanol–water partition coefficient (Wildman–Crippen LogP) is 4.05. The molecule has 4 aromatic rings. The Hall–Kier alpha value is -3.00. The van der Waals surface area contributed by atoms with E-state index in [9.17, 15) is 4.79 Å². The molecule has 0 unspecified atom stereocenters. The van der Waals surface area contributed by atoms with Crippen LogP contribution >= 0.6 is 15.9 Å². The first-order chi connectivity index (χ1) is 14.2. The maximum absolute atomic E-state index is 12.8. The minimum atomic E-state index is 0.0179. The SMILES string of the molecule is O=c1c2ccccc2ncn1C1CCN(c2nc(-c3ccc(Br)cc3)no2)CC1. The Kier molecular flexibility index (Phi) is 4.63. The number of para-hydroxylation sites is 1. The molecule has 29 heavy (non-hydrogen) atoms. The minimum Gasteiger partial charge on any atom is -0.324 e. The van der Waals surface area contributed by atoms with Crippen LogP contribution in [0.25, 0.3) is 22.3 Å². The highest BCUT2D eigenvalue weighted by molar-refractivity contribution is 9.10. The summed E-state index contributed by atoms with van der Waals surface area (Å²) in [7, 11) is 0. The standard InChI is InChI=1S/C21H18BrN5O2/c22-15-7-5-14(6-8-15)19-24-21(29-25-19)26-11-9-16(10-12-26)27-13-23-18-4-2-1-3-17(18)20(27)28/h1-8,13,16H,9-12H2. The first-order valence-corrected chi connectivity index (χ1v) is 10.3. The number of benzene rings is 2. The van der Waals surface area contributed by atoms with Crippen molar-refractivity contribution in [1.29, 1.82) is 0 Å². The molecule has 0 bridgehead atoms. The molecule has 0 N–H and O–H groups in total. The van der Waals surface area contributed by atoms with Crippen LogP contribution in [0, 0.1) is 0 Å². The summed E-state index contributed by atoms with van der Waals surface area (Å²) < 4.78 is 8.25. The van der Waals surface area contributed by atoms with Crippen LogP contribution in [0.5, 0.6) is 0 Å². The summed E-state index contributed by atoms with van der Waals surface area (Å²) in [6, 6.07) is 15.9. The van der Waals surface area contributed by atoms with Gasteiger partial charge < -0.3 is 9.42 Å². The van der Waals surface area contributed by atoms with Gasteiger partial charge in [0.2, 0.25) is 5.82 Å². The second-order valence-electron chi connectivity index (χ2n) is 7.10. The highest BCUT2D eigenvalue weighted by Crippen LogP contribution is 2.27. The molecule has 2 aromatic carbocycles. The van der Waals surface area contributed by atoms with E-state index in [1.165, 1.54) is 0 Å². The van der Waals surface area contributed by atoms with Gasteiger partial charge in [0.05, 0.1) is 17.2 Å². The van der Waals surface area contributed by atoms with Gasteiger partial charge in [0.15, 0.2) is 0 Å². The van der Waals surface area contributed by atoms with Crippen LogP contribution < -0.4 is 10.5 Å². The average Bonchev–Trinajstić information content (AvgIpc) is 3.25. The summed E-state index contributed by atoms with van der Waals surface area (Å²) in [4.78, 5) is 23.9. The van der Waals surface area contributed by atoms with E-state index in [2.05, 4.69) is 36.0 Å². The highest BCUT2D eigenvalue weighted by atomic mass is 79.9. The fourth-order valence-corrected chi connectivity index (χ4v) is 4.00. The molecular weight excluding hydrogens is 434 g/mol. The van der Waals surface area contributed by atoms with Crippen molar-refractivity contribution in [3.8, 4) is 11.4 Å². The van der Waals surface area contributed by atoms with Crippen LogP contribution in [-0.2, 0) is 0 Å². The number of nitrogens with zero attached hydrogens (tertiary/aromatic N) is 5. The lowest BCUT2D eigenvalue weighted by atomic mass is 10.0. The molecule has 1 aliphatic heterocycles. The fraction of sp³-hybridized carbons (Fsp3) is 0.238. The summed E-state index contributed by atoms with van der Waals surface area (Å²) in [5, 5.41) is 4.77. The van der Waals surface area contributed by atoms with Crippen LogP contribution in [-0.4, -0.2) is 32.8 Å². The number of anilines is 1. The number of halogens is 1. The van der Waals surface area contributed by atoms with Crippen LogP contribution in [0.3, 0.4) is 0 Å². The molecule has 0 amide bonds. The molecule has 0 spiro atoms. The smallest absolute Gasteiger partial charge is 0.324 e. The molecule has 0 saturated carbocycles. The summed E-state index contributed by atoms with van der Waals surface area (Å²) >= 11 is 3.43. The maximum atomic E-state index is 12.8. The van der Waals surface area contributed by atoms with Gasteiger partial charge in [-0.25, -0.2) is 4.98 Å². The number of piperidine rings is 1. The zero-order chi connectivity index (χ0) is 19.8. The second kappa shape index (κ2) is 7.44. The van der Waals surface area contributed by atoms with Gasteiger partial charge >= 0.3 is 6.01 Å². The lowest BCUT2D eigenvalue weighted by Gasteiger charge is -2.31. The largest absolute Gasteiger partial charge is 0.324 e. The molecule has 1 fully saturated rings. The average molecular weight is 452 g/mol. The number of hydrogen-bond donors (Lipinski definition) is 0. The Bertz CT molecular complexity index is 1210. The minimum absolute atomic E-state index is 0.0179. The lowest BCUT2D eigenvalue weighted by molar-refractivity contribution is 0.354. The van der Waals surface area contributed by atoms with Gasteiger partial charge in [-0.3, -0.25) is 9.36 Å². The van der Waals surface area contributed by atoms with Crippen LogP contribution in [0.2, 0.25) is 0 Å². The first kappa shape index (κ1) is 18.1. The molecule has 1 saturated heterocycles. The molecule has 2 aromatic heterocycles. The van der Waals surface area contributed by atoms with E-state index in [4.69, 9.17) is 4.52 Å². The Balaban J connectivity index is 1.32. The van der Waals surface area contributed by atoms with E-state index < -0.39 is 0 Å². The van der Waals surface area contributed by atoms with E-state index in [1.807, 2.05) is 48.5 Å². The number of rotatable bonds is 3. The van der Waals surface area contributed by atoms with Crippen molar-refractivity contribution in [2.45, 2.75) is 18.9 Å². The molecule has 146 valence electrons. The quantitative estimate of drug-likeness (QED) is 0.467. The third kappa shape index (κ3) is 3.44. The van der Waals surface area contributed by atoms with Gasteiger partial charge in [0, 0.05) is 29.2 Å². The molecule has 8 heteroatoms. The Morgan fingerprint density at radius 3 is 2.59 bits per heavy atom. The van der Waals surface area contributed by atoms with E-state index in [-0.39, 0.29) is 11.6 Å². The highest BCUT2D eigenvalue weighted by Gasteiger charge is 2.25. The topological polar surface area (TPSA) is 77.1 Å². The second-order valence-corrected chi connectivity index (χ2v) is 8.02. The van der Waals surface area contributed by atoms with Gasteiger partial charge in [-0.2, -0.15) is 4.98 Å². The van der Waals surface area contributed by atoms with Crippen LogP contribution in [0.1, 0.15) is 18.9 Å². The molecule has 3 heterocycles. The van der Waals surface area contributed by atoms with E-state index in [1.54, 1.807) is 10.9 Å². The third-order valence-electron chi connectivity index (χ3n) is 5.34. The van der Waals surface area contributed by atoms with E-state index in [0.717, 1.165) is 41.5 Å². The maximum Gasteiger partial charge on any atom is 0.324 e. The number of aromatic nitrogens is 4. The number of hydrogen-bond acceptors (Lipinski definition) is 6. The first-order valence-electron chi connectivity index (χ1n) is 9.49. The predicted molar refractivity (Wildman–Crippen MR) is 114 cm³/mol. The van der Waals surface area contributed by atoms with Gasteiger partial charge in [-0.1, -0.05) is 33.2 Å². The molecule has 0 atom stereocenters. The van der Waals surface area contributed by atoms with Crippen molar-refractivity contribution in [1.82, 2.24) is 19.7 Å². The number of fused-ring (bicyclic) bond motifs is 1. The van der Waals surface area contributed by atoms with Gasteiger partial charge in [0.1, 0.15) is 0 Å². The molecule has 7 nitrogen and oxygen atoms in total. The normalized spacial score (nSPS) is 15.1. The Morgan fingerprint density at radius 2 is 1.79 bits per heavy atom. The third-order valence-corrected chi connectivity index (χ3v) is 5.86. The van der Waals surface area contributed by atoms with Crippen molar-refractivity contribution < 1.29 is 4.52 Å². The van der Waals surface area contributed by atoms with Gasteiger partial charge in [0.25, 0.3) is 5.56 Å². The van der Waals surface area contributed by atoms with Crippen molar-refractivity contribution in [2.24, 2.45) is 0 Å². The van der Waals surface area contributed by atoms with E-state index in [0.29, 0.717) is 17.2 Å². The Labute approximate surface area is 175 Å². The zero-order valence-corrected chi connectivity index (χ0v) is 17.1. The monoisotopic (exact) mass is 451 g/mol. The summed E-state index contributed by atoms with van der Waals surface area (Å²) in [5.74, 6) is 0.574. The van der Waals surface area contributed by atoms with Crippen molar-refractivity contribution >= 4 is 32.8 Å². The molecular formula is C21H18BrN5O2. The molecule has 1 aliphatic rings. The van der Waals surface area contributed by atoms with Gasteiger partial charge in [-0.05, 0) is 49.2 Å². The molecule has 5 rings (SSSR count). The van der Waals surface area contributed by atoms with Crippen LogP contribution in [0.4, 0.5) is 6.01 Å². The lowest BCUT2D eigenvalue weighted by Crippen LogP contribution is -2.37. The Morgan fingerprint density at radius 1 is 1.03 bits per heavy atom. The summed E-state index contributed by atoms with van der Waals surface area (Å²) in [6.45, 7) is 1.48. The van der Waals surface area contributed by atoms with Crippen molar-refractivity contribution in [3.63, 3.8) is 0 Å². The van der Waals surface area contributed by atoms with Crippen LogP contribution in [0.15, 0.2) is 68.6 Å². The summed E-state index contributed by atoms with van der Waals surface area (Å²) in [6.07, 6.45) is 3.30. The van der Waals surface area contributed by atoms with Gasteiger partial charge in [-0.15, -0.1) is 0 Å². The summed E-state index contributed by atoms with van der Waals surface area (Å²) in [5.41, 5.74) is 1.66. The van der Waals surface area contributed by atoms with Crippen molar-refractivity contribution in [2.75, 3.05) is 18.0 Å². The van der Waals surface area contributed by atoms with Crippen molar-refractivity contribution in [3.05, 3.63) is 69.7 Å². The fourth-order valence-electron chi connectivity index (χ4n) is 3.74. The molecule has 0 aliphatic carbocycles. The zero-order valence-electron chi connectivity index (χ0n) is 15.5. The van der Waals surface area contributed by atoms with E-state index >= 15 is 0 Å².